The molecule has 0 saturated heterocycles. The minimum atomic E-state index is -0.924. The molecule has 2 bridgehead atoms. The topological polar surface area (TPSA) is 98.5 Å². The molecule has 1 N–H and O–H groups in total. The predicted molar refractivity (Wildman–Crippen MR) is 84.0 cm³/mol. The van der Waals surface area contributed by atoms with Gasteiger partial charge in [0.2, 0.25) is 0 Å². The first-order chi connectivity index (χ1) is 11.4. The van der Waals surface area contributed by atoms with Gasteiger partial charge in [0.25, 0.3) is 5.91 Å². The van der Waals surface area contributed by atoms with Gasteiger partial charge in [0.05, 0.1) is 5.92 Å². The highest BCUT2D eigenvalue weighted by atomic mass is 16.5. The third kappa shape index (κ3) is 3.49. The van der Waals surface area contributed by atoms with Gasteiger partial charge in [0, 0.05) is 17.9 Å². The maximum Gasteiger partial charge on any atom is 0.309 e. The fourth-order valence-electron chi connectivity index (χ4n) is 3.65. The number of ether oxygens (including phenoxy) is 1. The molecule has 0 spiro atoms. The monoisotopic (exact) mass is 334 g/mol. The lowest BCUT2D eigenvalue weighted by Gasteiger charge is -2.36. The average Bonchev–Trinajstić information content (AvgIpc) is 2.91. The Morgan fingerprint density at radius 1 is 1.33 bits per heavy atom. The summed E-state index contributed by atoms with van der Waals surface area (Å²) in [4.78, 5) is 36.5. The molecule has 1 amide bonds. The van der Waals surface area contributed by atoms with Crippen molar-refractivity contribution in [3.05, 3.63) is 11.8 Å². The van der Waals surface area contributed by atoms with Crippen molar-refractivity contribution in [3.8, 4) is 0 Å². The van der Waals surface area contributed by atoms with E-state index in [4.69, 9.17) is 9.26 Å². The standard InChI is InChI=1S/C17H22N2O5/c1-9-6-14(19-24-9)18-16(21)10(2)23-17(22)13-7-11-4-3-5-12(8-13)15(11)20/h6,10-13H,3-5,7-8H2,1-2H3,(H,18,19,21). The predicted octanol–water partition coefficient (Wildman–Crippen LogP) is 2.25. The highest BCUT2D eigenvalue weighted by molar-refractivity contribution is 5.94. The van der Waals surface area contributed by atoms with E-state index in [1.165, 1.54) is 6.92 Å². The molecule has 3 atom stereocenters. The van der Waals surface area contributed by atoms with Crippen LogP contribution in [0, 0.1) is 24.7 Å². The lowest BCUT2D eigenvalue weighted by Crippen LogP contribution is -2.41. The summed E-state index contributed by atoms with van der Waals surface area (Å²) in [5.41, 5.74) is 0. The van der Waals surface area contributed by atoms with Crippen molar-refractivity contribution in [2.45, 2.75) is 52.1 Å². The minimum absolute atomic E-state index is 0.0164. The van der Waals surface area contributed by atoms with E-state index in [0.29, 0.717) is 24.4 Å². The SMILES string of the molecule is Cc1cc(NC(=O)C(C)OC(=O)C2CC3CCCC(C2)C3=O)no1. The van der Waals surface area contributed by atoms with Gasteiger partial charge in [0.1, 0.15) is 11.5 Å². The first kappa shape index (κ1) is 16.7. The second-order valence-electron chi connectivity index (χ2n) is 6.79. The quantitative estimate of drug-likeness (QED) is 0.848. The molecular weight excluding hydrogens is 312 g/mol. The molecule has 2 saturated carbocycles. The van der Waals surface area contributed by atoms with E-state index in [1.807, 2.05) is 0 Å². The van der Waals surface area contributed by atoms with Gasteiger partial charge in [0.15, 0.2) is 11.9 Å². The Labute approximate surface area is 140 Å². The van der Waals surface area contributed by atoms with Crippen LogP contribution in [0.4, 0.5) is 5.82 Å². The maximum absolute atomic E-state index is 12.4. The minimum Gasteiger partial charge on any atom is -0.452 e. The number of aryl methyl sites for hydroxylation is 1. The van der Waals surface area contributed by atoms with E-state index < -0.39 is 18.0 Å². The number of nitrogens with zero attached hydrogens (tertiary/aromatic N) is 1. The van der Waals surface area contributed by atoms with Gasteiger partial charge in [-0.05, 0) is 39.5 Å². The van der Waals surface area contributed by atoms with E-state index in [1.54, 1.807) is 13.0 Å². The molecule has 3 rings (SSSR count). The van der Waals surface area contributed by atoms with Gasteiger partial charge < -0.3 is 14.6 Å². The van der Waals surface area contributed by atoms with Crippen molar-refractivity contribution in [1.29, 1.82) is 0 Å². The summed E-state index contributed by atoms with van der Waals surface area (Å²) >= 11 is 0. The van der Waals surface area contributed by atoms with Crippen LogP contribution in [0.25, 0.3) is 0 Å². The summed E-state index contributed by atoms with van der Waals surface area (Å²) in [5, 5.41) is 6.21. The normalized spacial score (nSPS) is 27.4. The summed E-state index contributed by atoms with van der Waals surface area (Å²) in [7, 11) is 0. The number of carbonyl (C=O) groups excluding carboxylic acids is 3. The van der Waals surface area contributed by atoms with E-state index in [0.717, 1.165) is 19.3 Å². The van der Waals surface area contributed by atoms with E-state index in [2.05, 4.69) is 10.5 Å². The number of anilines is 1. The molecule has 0 radical (unpaired) electrons. The molecule has 1 aromatic heterocycles. The molecule has 1 heterocycles. The number of fused-ring (bicyclic) bond motifs is 2. The first-order valence-electron chi connectivity index (χ1n) is 8.42. The molecule has 7 heteroatoms. The number of rotatable bonds is 4. The Morgan fingerprint density at radius 2 is 2.00 bits per heavy atom. The Bertz CT molecular complexity index is 637. The Hall–Kier alpha value is -2.18. The molecule has 3 unspecified atom stereocenters. The number of amides is 1. The number of Topliss-reactive ketones (excluding diaryl/α,β-unsaturated/α-hetero) is 1. The van der Waals surface area contributed by atoms with Gasteiger partial charge in [-0.15, -0.1) is 0 Å². The van der Waals surface area contributed by atoms with Gasteiger partial charge in [-0.25, -0.2) is 0 Å². The van der Waals surface area contributed by atoms with Crippen molar-refractivity contribution in [2.24, 2.45) is 17.8 Å². The smallest absolute Gasteiger partial charge is 0.309 e. The summed E-state index contributed by atoms with van der Waals surface area (Å²) in [6, 6.07) is 1.58. The van der Waals surface area contributed by atoms with E-state index >= 15 is 0 Å². The molecule has 0 aliphatic heterocycles. The van der Waals surface area contributed by atoms with Crippen molar-refractivity contribution in [2.75, 3.05) is 5.32 Å². The number of carbonyl (C=O) groups is 3. The zero-order valence-corrected chi connectivity index (χ0v) is 13.9. The van der Waals surface area contributed by atoms with Crippen molar-refractivity contribution >= 4 is 23.5 Å². The van der Waals surface area contributed by atoms with Crippen LogP contribution in [0.2, 0.25) is 0 Å². The number of hydrogen-bond acceptors (Lipinski definition) is 6. The van der Waals surface area contributed by atoms with Crippen LogP contribution in [-0.4, -0.2) is 28.9 Å². The second kappa shape index (κ2) is 6.75. The Balaban J connectivity index is 1.54. The number of hydrogen-bond donors (Lipinski definition) is 1. The highest BCUT2D eigenvalue weighted by Gasteiger charge is 2.42. The number of nitrogens with one attached hydrogen (secondary N) is 1. The van der Waals surface area contributed by atoms with E-state index in [9.17, 15) is 14.4 Å². The number of ketones is 1. The fraction of sp³-hybridized carbons (Fsp3) is 0.647. The van der Waals surface area contributed by atoms with Crippen molar-refractivity contribution in [1.82, 2.24) is 5.16 Å². The third-order valence-electron chi connectivity index (χ3n) is 4.92. The summed E-state index contributed by atoms with van der Waals surface area (Å²) in [5.74, 6) is 0.00304. The van der Waals surface area contributed by atoms with Crippen molar-refractivity contribution < 1.29 is 23.6 Å². The van der Waals surface area contributed by atoms with E-state index in [-0.39, 0.29) is 23.6 Å². The van der Waals surface area contributed by atoms with Crippen LogP contribution in [0.1, 0.15) is 44.8 Å². The van der Waals surface area contributed by atoms with Crippen LogP contribution in [0.5, 0.6) is 0 Å². The second-order valence-corrected chi connectivity index (χ2v) is 6.79. The lowest BCUT2D eigenvalue weighted by atomic mass is 9.67. The number of aromatic nitrogens is 1. The molecule has 0 aromatic carbocycles. The van der Waals surface area contributed by atoms with Crippen LogP contribution >= 0.6 is 0 Å². The summed E-state index contributed by atoms with van der Waals surface area (Å²) in [6.45, 7) is 3.24. The van der Waals surface area contributed by atoms with Crippen LogP contribution in [-0.2, 0) is 19.1 Å². The molecule has 130 valence electrons. The van der Waals surface area contributed by atoms with Crippen LogP contribution in [0.3, 0.4) is 0 Å². The van der Waals surface area contributed by atoms with Gasteiger partial charge >= 0.3 is 5.97 Å². The molecule has 2 fully saturated rings. The molecule has 24 heavy (non-hydrogen) atoms. The first-order valence-corrected chi connectivity index (χ1v) is 8.42. The highest BCUT2D eigenvalue weighted by Crippen LogP contribution is 2.40. The third-order valence-corrected chi connectivity index (χ3v) is 4.92. The van der Waals surface area contributed by atoms with Gasteiger partial charge in [-0.2, -0.15) is 0 Å². The van der Waals surface area contributed by atoms with Gasteiger partial charge in [-0.1, -0.05) is 11.6 Å². The van der Waals surface area contributed by atoms with Crippen LogP contribution in [0.15, 0.2) is 10.6 Å². The zero-order valence-electron chi connectivity index (χ0n) is 13.9. The average molecular weight is 334 g/mol. The Morgan fingerprint density at radius 3 is 2.58 bits per heavy atom. The largest absolute Gasteiger partial charge is 0.452 e. The molecular formula is C17H22N2O5. The lowest BCUT2D eigenvalue weighted by molar-refractivity contribution is -0.161. The molecule has 2 aliphatic carbocycles. The Kier molecular flexibility index (Phi) is 4.69. The summed E-state index contributed by atoms with van der Waals surface area (Å²) < 4.78 is 10.2. The molecule has 1 aromatic rings. The fourth-order valence-corrected chi connectivity index (χ4v) is 3.65. The summed E-state index contributed by atoms with van der Waals surface area (Å²) in [6.07, 6.45) is 2.95. The van der Waals surface area contributed by atoms with Gasteiger partial charge in [-0.3, -0.25) is 14.4 Å². The van der Waals surface area contributed by atoms with Crippen molar-refractivity contribution in [3.63, 3.8) is 0 Å². The van der Waals surface area contributed by atoms with Crippen LogP contribution < -0.4 is 5.32 Å². The molecule has 7 nitrogen and oxygen atoms in total. The zero-order chi connectivity index (χ0) is 17.3. The number of esters is 1. The maximum atomic E-state index is 12.4. The molecule has 2 aliphatic rings.